The molecular formula is C14H21N3O3S. The molecule has 0 saturated carbocycles. The SMILES string of the molecule is CC(C)OCCCCNS(=O)(=O)c1ccc(C#N)cc1N. The van der Waals surface area contributed by atoms with Crippen LogP contribution in [-0.2, 0) is 14.8 Å². The third kappa shape index (κ3) is 5.71. The van der Waals surface area contributed by atoms with E-state index in [2.05, 4.69) is 4.72 Å². The van der Waals surface area contributed by atoms with E-state index >= 15 is 0 Å². The van der Waals surface area contributed by atoms with Gasteiger partial charge in [0.2, 0.25) is 10.0 Å². The number of nitrogens with one attached hydrogen (secondary N) is 1. The number of hydrogen-bond donors (Lipinski definition) is 2. The fourth-order valence-corrected chi connectivity index (χ4v) is 2.88. The molecule has 6 nitrogen and oxygen atoms in total. The van der Waals surface area contributed by atoms with Crippen molar-refractivity contribution in [1.82, 2.24) is 4.72 Å². The van der Waals surface area contributed by atoms with E-state index in [1.54, 1.807) is 0 Å². The van der Waals surface area contributed by atoms with Crippen LogP contribution in [0.1, 0.15) is 32.3 Å². The van der Waals surface area contributed by atoms with Gasteiger partial charge in [-0.25, -0.2) is 13.1 Å². The van der Waals surface area contributed by atoms with Crippen molar-refractivity contribution in [3.8, 4) is 6.07 Å². The zero-order valence-corrected chi connectivity index (χ0v) is 13.1. The molecule has 3 N–H and O–H groups in total. The number of hydrogen-bond acceptors (Lipinski definition) is 5. The Hall–Kier alpha value is -1.62. The molecule has 0 atom stereocenters. The monoisotopic (exact) mass is 311 g/mol. The third-order valence-electron chi connectivity index (χ3n) is 2.74. The number of benzene rings is 1. The molecule has 0 aliphatic heterocycles. The topological polar surface area (TPSA) is 105 Å². The summed E-state index contributed by atoms with van der Waals surface area (Å²) in [5, 5.41) is 8.74. The van der Waals surface area contributed by atoms with Crippen molar-refractivity contribution in [2.75, 3.05) is 18.9 Å². The minimum atomic E-state index is -3.64. The highest BCUT2D eigenvalue weighted by Gasteiger charge is 2.16. The quantitative estimate of drug-likeness (QED) is 0.560. The van der Waals surface area contributed by atoms with Crippen LogP contribution in [0, 0.1) is 11.3 Å². The number of nitrogen functional groups attached to an aromatic ring is 1. The number of ether oxygens (including phenoxy) is 1. The first kappa shape index (κ1) is 17.4. The third-order valence-corrected chi connectivity index (χ3v) is 4.28. The van der Waals surface area contributed by atoms with Crippen LogP contribution >= 0.6 is 0 Å². The van der Waals surface area contributed by atoms with Crippen LogP contribution in [0.5, 0.6) is 0 Å². The van der Waals surface area contributed by atoms with Crippen LogP contribution in [0.15, 0.2) is 23.1 Å². The number of rotatable bonds is 8. The Morgan fingerprint density at radius 1 is 1.38 bits per heavy atom. The standard InChI is InChI=1S/C14H21N3O3S/c1-11(2)20-8-4-3-7-17-21(18,19)14-6-5-12(10-15)9-13(14)16/h5-6,9,11,17H,3-4,7-8,16H2,1-2H3. The first-order chi connectivity index (χ1) is 9.86. The Kier molecular flexibility index (Phi) is 6.62. The van der Waals surface area contributed by atoms with Gasteiger partial charge in [-0.2, -0.15) is 5.26 Å². The number of nitrogens with two attached hydrogens (primary N) is 1. The van der Waals surface area contributed by atoms with E-state index in [1.807, 2.05) is 19.9 Å². The van der Waals surface area contributed by atoms with Gasteiger partial charge in [-0.3, -0.25) is 0 Å². The minimum Gasteiger partial charge on any atom is -0.398 e. The molecule has 0 unspecified atom stereocenters. The van der Waals surface area contributed by atoms with Gasteiger partial charge >= 0.3 is 0 Å². The lowest BCUT2D eigenvalue weighted by molar-refractivity contribution is 0.0762. The van der Waals surface area contributed by atoms with E-state index in [-0.39, 0.29) is 16.7 Å². The summed E-state index contributed by atoms with van der Waals surface area (Å²) >= 11 is 0. The summed E-state index contributed by atoms with van der Waals surface area (Å²) in [4.78, 5) is -0.0000644. The molecule has 0 fully saturated rings. The fraction of sp³-hybridized carbons (Fsp3) is 0.500. The molecule has 116 valence electrons. The molecule has 0 bridgehead atoms. The van der Waals surface area contributed by atoms with Crippen LogP contribution in [0.3, 0.4) is 0 Å². The molecule has 0 spiro atoms. The zero-order valence-electron chi connectivity index (χ0n) is 12.3. The summed E-state index contributed by atoms with van der Waals surface area (Å²) in [7, 11) is -3.64. The van der Waals surface area contributed by atoms with Crippen LogP contribution < -0.4 is 10.5 Å². The van der Waals surface area contributed by atoms with E-state index < -0.39 is 10.0 Å². The van der Waals surface area contributed by atoms with Gasteiger partial charge < -0.3 is 10.5 Å². The largest absolute Gasteiger partial charge is 0.398 e. The van der Waals surface area contributed by atoms with Crippen LogP contribution in [0.2, 0.25) is 0 Å². The predicted octanol–water partition coefficient (Wildman–Crippen LogP) is 1.62. The molecule has 7 heteroatoms. The summed E-state index contributed by atoms with van der Waals surface area (Å²) < 4.78 is 32.0. The highest BCUT2D eigenvalue weighted by atomic mass is 32.2. The maximum Gasteiger partial charge on any atom is 0.242 e. The van der Waals surface area contributed by atoms with Gasteiger partial charge in [0.1, 0.15) is 4.90 Å². The number of sulfonamides is 1. The molecule has 0 saturated heterocycles. The van der Waals surface area contributed by atoms with Gasteiger partial charge in [-0.05, 0) is 44.9 Å². The van der Waals surface area contributed by atoms with Crippen molar-refractivity contribution >= 4 is 15.7 Å². The lowest BCUT2D eigenvalue weighted by Crippen LogP contribution is -2.26. The average molecular weight is 311 g/mol. The maximum absolute atomic E-state index is 12.1. The molecular weight excluding hydrogens is 290 g/mol. The second-order valence-corrected chi connectivity index (χ2v) is 6.62. The van der Waals surface area contributed by atoms with Crippen molar-refractivity contribution in [3.05, 3.63) is 23.8 Å². The number of nitriles is 1. The van der Waals surface area contributed by atoms with E-state index in [0.717, 1.165) is 6.42 Å². The Morgan fingerprint density at radius 2 is 2.10 bits per heavy atom. The summed E-state index contributed by atoms with van der Waals surface area (Å²) in [6, 6.07) is 6.04. The molecule has 1 rings (SSSR count). The molecule has 0 aliphatic carbocycles. The molecule has 1 aromatic carbocycles. The number of nitrogens with zero attached hydrogens (tertiary/aromatic N) is 1. The van der Waals surface area contributed by atoms with Gasteiger partial charge in [-0.15, -0.1) is 0 Å². The number of anilines is 1. The van der Waals surface area contributed by atoms with Crippen LogP contribution in [0.25, 0.3) is 0 Å². The van der Waals surface area contributed by atoms with Gasteiger partial charge in [0.05, 0.1) is 23.4 Å². The molecule has 21 heavy (non-hydrogen) atoms. The van der Waals surface area contributed by atoms with E-state index in [9.17, 15) is 8.42 Å². The van der Waals surface area contributed by atoms with Gasteiger partial charge in [0, 0.05) is 13.2 Å². The highest BCUT2D eigenvalue weighted by Crippen LogP contribution is 2.19. The molecule has 0 amide bonds. The average Bonchev–Trinajstić information content (AvgIpc) is 2.41. The Balaban J connectivity index is 2.53. The fourth-order valence-electron chi connectivity index (χ4n) is 1.69. The summed E-state index contributed by atoms with van der Waals surface area (Å²) in [5.41, 5.74) is 6.08. The lowest BCUT2D eigenvalue weighted by atomic mass is 10.2. The van der Waals surface area contributed by atoms with Gasteiger partial charge in [0.15, 0.2) is 0 Å². The predicted molar refractivity (Wildman–Crippen MR) is 81.1 cm³/mol. The maximum atomic E-state index is 12.1. The second kappa shape index (κ2) is 7.98. The zero-order chi connectivity index (χ0) is 15.9. The first-order valence-corrected chi connectivity index (χ1v) is 8.26. The molecule has 1 aromatic rings. The summed E-state index contributed by atoms with van der Waals surface area (Å²) in [6.07, 6.45) is 1.64. The number of unbranched alkanes of at least 4 members (excludes halogenated alkanes) is 1. The molecule has 0 aromatic heterocycles. The van der Waals surface area contributed by atoms with Gasteiger partial charge in [-0.1, -0.05) is 0 Å². The van der Waals surface area contributed by atoms with Crippen molar-refractivity contribution in [2.24, 2.45) is 0 Å². The van der Waals surface area contributed by atoms with Gasteiger partial charge in [0.25, 0.3) is 0 Å². The van der Waals surface area contributed by atoms with Crippen LogP contribution in [-0.4, -0.2) is 27.7 Å². The van der Waals surface area contributed by atoms with Crippen molar-refractivity contribution in [2.45, 2.75) is 37.7 Å². The first-order valence-electron chi connectivity index (χ1n) is 6.77. The van der Waals surface area contributed by atoms with E-state index in [4.69, 9.17) is 15.7 Å². The second-order valence-electron chi connectivity index (χ2n) is 4.89. The van der Waals surface area contributed by atoms with Crippen LogP contribution in [0.4, 0.5) is 5.69 Å². The summed E-state index contributed by atoms with van der Waals surface area (Å²) in [6.45, 7) is 4.84. The van der Waals surface area contributed by atoms with Crippen molar-refractivity contribution in [3.63, 3.8) is 0 Å². The van der Waals surface area contributed by atoms with Crippen molar-refractivity contribution in [1.29, 1.82) is 5.26 Å². The Labute approximate surface area is 126 Å². The minimum absolute atomic E-state index is 0.0000644. The lowest BCUT2D eigenvalue weighted by Gasteiger charge is -2.10. The smallest absolute Gasteiger partial charge is 0.242 e. The van der Waals surface area contributed by atoms with E-state index in [1.165, 1.54) is 18.2 Å². The normalized spacial score (nSPS) is 11.5. The van der Waals surface area contributed by atoms with Crippen molar-refractivity contribution < 1.29 is 13.2 Å². The Bertz CT molecular complexity index is 606. The molecule has 0 heterocycles. The van der Waals surface area contributed by atoms with E-state index in [0.29, 0.717) is 25.1 Å². The molecule has 0 aliphatic rings. The Morgan fingerprint density at radius 3 is 2.67 bits per heavy atom. The molecule has 0 radical (unpaired) electrons. The highest BCUT2D eigenvalue weighted by molar-refractivity contribution is 7.89. The summed E-state index contributed by atoms with van der Waals surface area (Å²) in [5.74, 6) is 0.